The molecule has 1 saturated heterocycles. The van der Waals surface area contributed by atoms with Crippen molar-refractivity contribution in [2.75, 3.05) is 18.4 Å². The number of carbonyl (C=O) groups is 1. The van der Waals surface area contributed by atoms with Gasteiger partial charge in [-0.1, -0.05) is 18.5 Å². The molecule has 1 amide bonds. The zero-order chi connectivity index (χ0) is 14.5. The number of amides is 1. The topological polar surface area (TPSA) is 41.1 Å². The van der Waals surface area contributed by atoms with Crippen LogP contribution in [-0.2, 0) is 4.79 Å². The highest BCUT2D eigenvalue weighted by Crippen LogP contribution is 2.25. The first-order valence-corrected chi connectivity index (χ1v) is 8.47. The maximum Gasteiger partial charge on any atom is 0.224 e. The SMILES string of the molecule is CC(CC(=O)Nc1ccc(Cl)cc1I)C1CCCNC1. The summed E-state index contributed by atoms with van der Waals surface area (Å²) in [6, 6.07) is 5.51. The third-order valence-electron chi connectivity index (χ3n) is 3.85. The lowest BCUT2D eigenvalue weighted by molar-refractivity contribution is -0.117. The van der Waals surface area contributed by atoms with Crippen molar-refractivity contribution in [2.24, 2.45) is 11.8 Å². The first-order valence-electron chi connectivity index (χ1n) is 7.02. The van der Waals surface area contributed by atoms with Crippen molar-refractivity contribution < 1.29 is 4.79 Å². The number of anilines is 1. The third kappa shape index (κ3) is 4.60. The van der Waals surface area contributed by atoms with E-state index in [0.29, 0.717) is 23.3 Å². The van der Waals surface area contributed by atoms with E-state index in [4.69, 9.17) is 11.6 Å². The normalized spacial score (nSPS) is 20.4. The molecule has 0 radical (unpaired) electrons. The molecule has 0 bridgehead atoms. The second kappa shape index (κ2) is 7.61. The summed E-state index contributed by atoms with van der Waals surface area (Å²) in [5.41, 5.74) is 0.842. The molecule has 2 atom stereocenters. The predicted octanol–water partition coefficient (Wildman–Crippen LogP) is 3.91. The lowest BCUT2D eigenvalue weighted by Gasteiger charge is -2.28. The van der Waals surface area contributed by atoms with Gasteiger partial charge in [-0.05, 0) is 78.6 Å². The molecule has 1 aromatic rings. The molecular formula is C15H20ClIN2O. The van der Waals surface area contributed by atoms with Gasteiger partial charge in [0.2, 0.25) is 5.91 Å². The minimum Gasteiger partial charge on any atom is -0.325 e. The van der Waals surface area contributed by atoms with Crippen molar-refractivity contribution in [2.45, 2.75) is 26.2 Å². The van der Waals surface area contributed by atoms with Crippen LogP contribution in [0.15, 0.2) is 18.2 Å². The predicted molar refractivity (Wildman–Crippen MR) is 92.2 cm³/mol. The molecule has 0 saturated carbocycles. The van der Waals surface area contributed by atoms with Crippen LogP contribution >= 0.6 is 34.2 Å². The molecule has 3 nitrogen and oxygen atoms in total. The Morgan fingerprint density at radius 3 is 3.05 bits per heavy atom. The van der Waals surface area contributed by atoms with Gasteiger partial charge < -0.3 is 10.6 Å². The molecular weight excluding hydrogens is 387 g/mol. The van der Waals surface area contributed by atoms with Gasteiger partial charge >= 0.3 is 0 Å². The van der Waals surface area contributed by atoms with E-state index in [1.54, 1.807) is 6.07 Å². The molecule has 1 aromatic carbocycles. The number of carbonyl (C=O) groups excluding carboxylic acids is 1. The van der Waals surface area contributed by atoms with Gasteiger partial charge in [0.15, 0.2) is 0 Å². The lowest BCUT2D eigenvalue weighted by atomic mass is 9.85. The summed E-state index contributed by atoms with van der Waals surface area (Å²) < 4.78 is 0.968. The van der Waals surface area contributed by atoms with Gasteiger partial charge in [-0.3, -0.25) is 4.79 Å². The lowest BCUT2D eigenvalue weighted by Crippen LogP contribution is -2.34. The first kappa shape index (κ1) is 16.0. The van der Waals surface area contributed by atoms with Crippen molar-refractivity contribution >= 4 is 45.8 Å². The first-order chi connectivity index (χ1) is 9.56. The van der Waals surface area contributed by atoms with Crippen molar-refractivity contribution in [1.82, 2.24) is 5.32 Å². The highest BCUT2D eigenvalue weighted by molar-refractivity contribution is 14.1. The summed E-state index contributed by atoms with van der Waals surface area (Å²) in [5.74, 6) is 1.11. The van der Waals surface area contributed by atoms with Crippen LogP contribution in [0.5, 0.6) is 0 Å². The Hall–Kier alpha value is -0.330. The summed E-state index contributed by atoms with van der Waals surface area (Å²) in [7, 11) is 0. The minimum absolute atomic E-state index is 0.0864. The Morgan fingerprint density at radius 2 is 2.40 bits per heavy atom. The van der Waals surface area contributed by atoms with Crippen LogP contribution in [0.25, 0.3) is 0 Å². The highest BCUT2D eigenvalue weighted by atomic mass is 127. The molecule has 0 aromatic heterocycles. The zero-order valence-electron chi connectivity index (χ0n) is 11.6. The monoisotopic (exact) mass is 406 g/mol. The van der Waals surface area contributed by atoms with E-state index in [0.717, 1.165) is 22.3 Å². The maximum absolute atomic E-state index is 12.1. The minimum atomic E-state index is 0.0864. The largest absolute Gasteiger partial charge is 0.325 e. The van der Waals surface area contributed by atoms with Crippen molar-refractivity contribution in [3.8, 4) is 0 Å². The summed E-state index contributed by atoms with van der Waals surface area (Å²) in [6.07, 6.45) is 3.01. The molecule has 2 N–H and O–H groups in total. The van der Waals surface area contributed by atoms with Gasteiger partial charge in [-0.15, -0.1) is 0 Å². The number of hydrogen-bond donors (Lipinski definition) is 2. The van der Waals surface area contributed by atoms with Gasteiger partial charge in [-0.2, -0.15) is 0 Å². The van der Waals surface area contributed by atoms with Crippen LogP contribution in [0.4, 0.5) is 5.69 Å². The average Bonchev–Trinajstić information content (AvgIpc) is 2.43. The van der Waals surface area contributed by atoms with Crippen molar-refractivity contribution in [3.05, 3.63) is 26.8 Å². The van der Waals surface area contributed by atoms with E-state index in [-0.39, 0.29) is 5.91 Å². The van der Waals surface area contributed by atoms with Crippen LogP contribution in [0.2, 0.25) is 5.02 Å². The zero-order valence-corrected chi connectivity index (χ0v) is 14.5. The number of nitrogens with one attached hydrogen (secondary N) is 2. The number of piperidine rings is 1. The van der Waals surface area contributed by atoms with Gasteiger partial charge in [0.1, 0.15) is 0 Å². The Bertz CT molecular complexity index is 475. The number of benzene rings is 1. The Morgan fingerprint density at radius 1 is 1.60 bits per heavy atom. The van der Waals surface area contributed by atoms with Gasteiger partial charge in [-0.25, -0.2) is 0 Å². The molecule has 0 spiro atoms. The van der Waals surface area contributed by atoms with Gasteiger partial charge in [0.05, 0.1) is 5.69 Å². The van der Waals surface area contributed by atoms with Gasteiger partial charge in [0.25, 0.3) is 0 Å². The standard InChI is InChI=1S/C15H20ClIN2O/c1-10(11-3-2-6-18-9-11)7-15(20)19-14-5-4-12(16)8-13(14)17/h4-5,8,10-11,18H,2-3,6-7,9H2,1H3,(H,19,20). The smallest absolute Gasteiger partial charge is 0.224 e. The van der Waals surface area contributed by atoms with E-state index in [9.17, 15) is 4.79 Å². The number of hydrogen-bond acceptors (Lipinski definition) is 2. The summed E-state index contributed by atoms with van der Waals surface area (Å²) in [6.45, 7) is 4.31. The fourth-order valence-corrected chi connectivity index (χ4v) is 3.62. The second-order valence-corrected chi connectivity index (χ2v) is 7.06. The van der Waals surface area contributed by atoms with E-state index in [2.05, 4.69) is 40.1 Å². The van der Waals surface area contributed by atoms with Crippen LogP contribution < -0.4 is 10.6 Å². The van der Waals surface area contributed by atoms with E-state index >= 15 is 0 Å². The second-order valence-electron chi connectivity index (χ2n) is 5.46. The average molecular weight is 407 g/mol. The highest BCUT2D eigenvalue weighted by Gasteiger charge is 2.22. The molecule has 1 heterocycles. The van der Waals surface area contributed by atoms with Gasteiger partial charge in [0, 0.05) is 15.0 Å². The van der Waals surface area contributed by atoms with Crippen LogP contribution in [0.3, 0.4) is 0 Å². The Kier molecular flexibility index (Phi) is 6.11. The maximum atomic E-state index is 12.1. The third-order valence-corrected chi connectivity index (χ3v) is 4.98. The molecule has 110 valence electrons. The Balaban J connectivity index is 1.88. The molecule has 1 aliphatic heterocycles. The molecule has 0 aliphatic carbocycles. The summed E-state index contributed by atoms with van der Waals surface area (Å²) in [5, 5.41) is 7.08. The quantitative estimate of drug-likeness (QED) is 0.745. The van der Waals surface area contributed by atoms with Crippen LogP contribution in [0, 0.1) is 15.4 Å². The summed E-state index contributed by atoms with van der Waals surface area (Å²) >= 11 is 8.10. The van der Waals surface area contributed by atoms with E-state index in [1.807, 2.05) is 12.1 Å². The molecule has 5 heteroatoms. The fourth-order valence-electron chi connectivity index (χ4n) is 2.62. The molecule has 1 fully saturated rings. The molecule has 2 rings (SSSR count). The summed E-state index contributed by atoms with van der Waals surface area (Å²) in [4.78, 5) is 12.1. The molecule has 1 aliphatic rings. The number of halogens is 2. The van der Waals surface area contributed by atoms with Crippen LogP contribution in [-0.4, -0.2) is 19.0 Å². The number of rotatable bonds is 4. The molecule has 20 heavy (non-hydrogen) atoms. The van der Waals surface area contributed by atoms with Crippen molar-refractivity contribution in [1.29, 1.82) is 0 Å². The fraction of sp³-hybridized carbons (Fsp3) is 0.533. The molecule has 2 unspecified atom stereocenters. The van der Waals surface area contributed by atoms with E-state index in [1.165, 1.54) is 12.8 Å². The van der Waals surface area contributed by atoms with E-state index < -0.39 is 0 Å². The Labute approximate surface area is 139 Å². The van der Waals surface area contributed by atoms with Crippen molar-refractivity contribution in [3.63, 3.8) is 0 Å². The van der Waals surface area contributed by atoms with Crippen LogP contribution in [0.1, 0.15) is 26.2 Å².